The third-order valence-corrected chi connectivity index (χ3v) is 3.19. The quantitative estimate of drug-likeness (QED) is 0.361. The number of aliphatic hydroxyl groups is 3. The van der Waals surface area contributed by atoms with E-state index >= 15 is 0 Å². The summed E-state index contributed by atoms with van der Waals surface area (Å²) in [7, 11) is -5.15. The van der Waals surface area contributed by atoms with Crippen molar-refractivity contribution in [3.05, 3.63) is 36.5 Å². The highest BCUT2D eigenvalue weighted by Gasteiger charge is 2.40. The highest BCUT2D eigenvalue weighted by atomic mass is 31.2. The molecule has 10 nitrogen and oxygen atoms in total. The van der Waals surface area contributed by atoms with Crippen LogP contribution in [-0.2, 0) is 32.5 Å². The Bertz CT molecular complexity index is 510. The van der Waals surface area contributed by atoms with E-state index < -0.39 is 62.3 Å². The van der Waals surface area contributed by atoms with E-state index in [1.807, 2.05) is 0 Å². The van der Waals surface area contributed by atoms with E-state index in [9.17, 15) is 18.9 Å². The van der Waals surface area contributed by atoms with Crippen molar-refractivity contribution in [1.82, 2.24) is 0 Å². The Hall–Kier alpha value is -2.26. The van der Waals surface area contributed by atoms with Crippen molar-refractivity contribution in [2.45, 2.75) is 0 Å². The summed E-state index contributed by atoms with van der Waals surface area (Å²) >= 11 is 0. The highest BCUT2D eigenvalue weighted by molar-refractivity contribution is 7.50. The van der Waals surface area contributed by atoms with Crippen LogP contribution in [0, 0.1) is 0 Å². The fraction of sp³-hybridized carbons (Fsp3) is 0.250. The molecule has 128 valence electrons. The van der Waals surface area contributed by atoms with Crippen molar-refractivity contribution in [2.75, 3.05) is 19.8 Å². The predicted octanol–water partition coefficient (Wildman–Crippen LogP) is -0.630. The molecule has 0 saturated carbocycles. The van der Waals surface area contributed by atoms with Gasteiger partial charge in [0.25, 0.3) is 0 Å². The first kappa shape index (κ1) is 20.7. The number of aliphatic hydroxyl groups excluding tert-OH is 3. The third kappa shape index (κ3) is 6.57. The van der Waals surface area contributed by atoms with Gasteiger partial charge in [0.1, 0.15) is 0 Å². The van der Waals surface area contributed by atoms with Crippen molar-refractivity contribution >= 4 is 25.7 Å². The van der Waals surface area contributed by atoms with Gasteiger partial charge in [-0.1, -0.05) is 19.7 Å². The van der Waals surface area contributed by atoms with Gasteiger partial charge >= 0.3 is 25.7 Å². The second-order valence-corrected chi connectivity index (χ2v) is 5.31. The van der Waals surface area contributed by atoms with Crippen molar-refractivity contribution in [3.8, 4) is 0 Å². The van der Waals surface area contributed by atoms with E-state index in [0.29, 0.717) is 0 Å². The van der Waals surface area contributed by atoms with Crippen LogP contribution in [0.5, 0.6) is 0 Å². The summed E-state index contributed by atoms with van der Waals surface area (Å²) in [6.07, 6.45) is 0. The number of hydrogen-bond donors (Lipinski definition) is 3. The Balaban J connectivity index is 5.38. The molecule has 0 bridgehead atoms. The molecule has 3 N–H and O–H groups in total. The fourth-order valence-electron chi connectivity index (χ4n) is 0.748. The summed E-state index contributed by atoms with van der Waals surface area (Å²) in [6.45, 7) is 6.63. The molecule has 0 spiro atoms. The van der Waals surface area contributed by atoms with E-state index in [0.717, 1.165) is 0 Å². The highest BCUT2D eigenvalue weighted by Crippen LogP contribution is 2.51. The Kier molecular flexibility index (Phi) is 8.12. The van der Waals surface area contributed by atoms with Crippen molar-refractivity contribution in [3.63, 3.8) is 0 Å². The Morgan fingerprint density at radius 1 is 0.696 bits per heavy atom. The summed E-state index contributed by atoms with van der Waals surface area (Å²) < 4.78 is 24.9. The Labute approximate surface area is 130 Å². The normalized spacial score (nSPS) is 10.4. The van der Waals surface area contributed by atoms with Crippen LogP contribution in [0.1, 0.15) is 0 Å². The van der Waals surface area contributed by atoms with Gasteiger partial charge in [-0.3, -0.25) is 0 Å². The number of carbonyl (C=O) groups excluding carboxylic acids is 3. The first-order chi connectivity index (χ1) is 10.6. The fourth-order valence-corrected chi connectivity index (χ4v) is 1.86. The maximum Gasteiger partial charge on any atom is 0.654 e. The summed E-state index contributed by atoms with van der Waals surface area (Å²) in [5.41, 5.74) is -1.71. The van der Waals surface area contributed by atoms with Gasteiger partial charge in [0.15, 0.2) is 0 Å². The first-order valence-electron chi connectivity index (χ1n) is 5.78. The molecule has 0 aromatic carbocycles. The molecule has 0 aliphatic heterocycles. The first-order valence-corrected chi connectivity index (χ1v) is 7.24. The van der Waals surface area contributed by atoms with Crippen molar-refractivity contribution < 1.29 is 47.8 Å². The van der Waals surface area contributed by atoms with E-state index in [2.05, 4.69) is 33.3 Å². The molecule has 0 saturated heterocycles. The molecule has 0 rings (SSSR count). The van der Waals surface area contributed by atoms with E-state index in [4.69, 9.17) is 15.3 Å². The van der Waals surface area contributed by atoms with Crippen LogP contribution >= 0.6 is 7.82 Å². The van der Waals surface area contributed by atoms with Crippen LogP contribution in [0.3, 0.4) is 0 Å². The minimum Gasteiger partial charge on any atom is -0.391 e. The molecular formula is C12H15O10P. The zero-order valence-corrected chi connectivity index (χ0v) is 12.8. The SMILES string of the molecule is C=C(CO)C(=O)OP(=O)(OC(=O)C(=C)CO)OC(=O)C(=C)CO. The lowest BCUT2D eigenvalue weighted by Crippen LogP contribution is -2.18. The standard InChI is InChI=1S/C12H15O10P/c1-7(4-13)10(16)20-23(19,21-11(17)8(2)5-14)22-12(18)9(3)6-15/h13-15H,1-6H2. The van der Waals surface area contributed by atoms with Gasteiger partial charge in [0.2, 0.25) is 0 Å². The van der Waals surface area contributed by atoms with Crippen LogP contribution in [-0.4, -0.2) is 53.0 Å². The van der Waals surface area contributed by atoms with Gasteiger partial charge in [-0.25, -0.2) is 14.4 Å². The monoisotopic (exact) mass is 350 g/mol. The van der Waals surface area contributed by atoms with Crippen molar-refractivity contribution in [1.29, 1.82) is 0 Å². The molecule has 0 aromatic rings. The molecule has 0 unspecified atom stereocenters. The number of phosphoric ester groups is 1. The predicted molar refractivity (Wildman–Crippen MR) is 74.6 cm³/mol. The molecule has 0 aromatic heterocycles. The molecule has 23 heavy (non-hydrogen) atoms. The minimum atomic E-state index is -5.15. The summed E-state index contributed by atoms with van der Waals surface area (Å²) in [4.78, 5) is 34.4. The van der Waals surface area contributed by atoms with Gasteiger partial charge in [0, 0.05) is 0 Å². The van der Waals surface area contributed by atoms with Gasteiger partial charge in [0.05, 0.1) is 36.5 Å². The maximum absolute atomic E-state index is 12.2. The Morgan fingerprint density at radius 3 is 1.09 bits per heavy atom. The zero-order valence-electron chi connectivity index (χ0n) is 11.9. The molecule has 0 aliphatic carbocycles. The van der Waals surface area contributed by atoms with Crippen LogP contribution < -0.4 is 0 Å². The smallest absolute Gasteiger partial charge is 0.391 e. The average Bonchev–Trinajstić information content (AvgIpc) is 2.51. The van der Waals surface area contributed by atoms with Crippen LogP contribution in [0.4, 0.5) is 0 Å². The molecule has 0 amide bonds. The largest absolute Gasteiger partial charge is 0.654 e. The minimum absolute atomic E-state index is 0.570. The van der Waals surface area contributed by atoms with Gasteiger partial charge in [-0.2, -0.15) is 4.57 Å². The molecule has 0 fully saturated rings. The summed E-state index contributed by atoms with van der Waals surface area (Å²) in [5.74, 6) is -4.41. The number of phosphoric acid groups is 1. The van der Waals surface area contributed by atoms with Crippen LogP contribution in [0.2, 0.25) is 0 Å². The number of carbonyl (C=O) groups is 3. The molecule has 0 atom stereocenters. The molecule has 0 aliphatic rings. The van der Waals surface area contributed by atoms with Gasteiger partial charge < -0.3 is 28.9 Å². The van der Waals surface area contributed by atoms with E-state index in [1.165, 1.54) is 0 Å². The third-order valence-electron chi connectivity index (χ3n) is 2.02. The molecule has 0 heterocycles. The summed E-state index contributed by atoms with van der Waals surface area (Å²) in [6, 6.07) is 0. The zero-order chi connectivity index (χ0) is 18.2. The average molecular weight is 350 g/mol. The number of rotatable bonds is 9. The topological polar surface area (TPSA) is 157 Å². The second-order valence-electron chi connectivity index (χ2n) is 3.87. The molecule has 0 radical (unpaired) electrons. The number of hydrogen-bond acceptors (Lipinski definition) is 10. The maximum atomic E-state index is 12.2. The molecule has 11 heteroatoms. The van der Waals surface area contributed by atoms with E-state index in [-0.39, 0.29) is 0 Å². The lowest BCUT2D eigenvalue weighted by atomic mass is 10.3. The molecular weight excluding hydrogens is 335 g/mol. The van der Waals surface area contributed by atoms with Crippen LogP contribution in [0.25, 0.3) is 0 Å². The van der Waals surface area contributed by atoms with E-state index in [1.54, 1.807) is 0 Å². The lowest BCUT2D eigenvalue weighted by molar-refractivity contribution is -0.140. The van der Waals surface area contributed by atoms with Crippen LogP contribution in [0.15, 0.2) is 36.5 Å². The van der Waals surface area contributed by atoms with Gasteiger partial charge in [-0.05, 0) is 0 Å². The van der Waals surface area contributed by atoms with Crippen molar-refractivity contribution in [2.24, 2.45) is 0 Å². The lowest BCUT2D eigenvalue weighted by Gasteiger charge is -2.17. The van der Waals surface area contributed by atoms with Gasteiger partial charge in [-0.15, -0.1) is 0 Å². The second kappa shape index (κ2) is 9.01. The summed E-state index contributed by atoms with van der Waals surface area (Å²) in [5, 5.41) is 26.2. The Morgan fingerprint density at radius 2 is 0.913 bits per heavy atom.